The molecule has 84 valence electrons. The smallest absolute Gasteiger partial charge is 0.137 e. The summed E-state index contributed by atoms with van der Waals surface area (Å²) in [6, 6.07) is 6.94. The summed E-state index contributed by atoms with van der Waals surface area (Å²) >= 11 is 0. The molecule has 3 N–H and O–H groups in total. The minimum atomic E-state index is -2.50. The van der Waals surface area contributed by atoms with Gasteiger partial charge in [0.15, 0.2) is 0 Å². The van der Waals surface area contributed by atoms with E-state index in [4.69, 9.17) is 5.73 Å². The molecule has 1 aromatic rings. The van der Waals surface area contributed by atoms with Gasteiger partial charge in [0, 0.05) is 5.69 Å². The van der Waals surface area contributed by atoms with Gasteiger partial charge in [-0.05, 0) is 45.2 Å². The molecule has 4 nitrogen and oxygen atoms in total. The third-order valence-electron chi connectivity index (χ3n) is 1.84. The number of rotatable bonds is 3. The number of nitrogen functional groups attached to an aromatic ring is 1. The number of nitrogens with zero attached hydrogens (tertiary/aromatic N) is 1. The second kappa shape index (κ2) is 4.63. The monoisotopic (exact) mass is 227 g/mol. The van der Waals surface area contributed by atoms with E-state index < -0.39 is 9.92 Å². The van der Waals surface area contributed by atoms with Crippen molar-refractivity contribution < 1.29 is 4.21 Å². The van der Waals surface area contributed by atoms with Crippen molar-refractivity contribution in [2.24, 2.45) is 4.36 Å². The molecule has 0 aromatic heterocycles. The lowest BCUT2D eigenvalue weighted by atomic mass is 10.3. The van der Waals surface area contributed by atoms with E-state index in [0.717, 1.165) is 0 Å². The van der Waals surface area contributed by atoms with Crippen molar-refractivity contribution in [3.05, 3.63) is 24.3 Å². The van der Waals surface area contributed by atoms with Gasteiger partial charge in [-0.15, -0.1) is 0 Å². The Morgan fingerprint density at radius 1 is 1.33 bits per heavy atom. The van der Waals surface area contributed by atoms with Crippen molar-refractivity contribution in [1.29, 1.82) is 0 Å². The molecular weight excluding hydrogens is 210 g/mol. The van der Waals surface area contributed by atoms with E-state index in [2.05, 4.69) is 9.08 Å². The maximum absolute atomic E-state index is 12.4. The zero-order valence-corrected chi connectivity index (χ0v) is 10.0. The van der Waals surface area contributed by atoms with Crippen molar-refractivity contribution in [2.45, 2.75) is 24.8 Å². The van der Waals surface area contributed by atoms with Gasteiger partial charge >= 0.3 is 0 Å². The van der Waals surface area contributed by atoms with E-state index >= 15 is 0 Å². The van der Waals surface area contributed by atoms with Gasteiger partial charge in [0.2, 0.25) is 0 Å². The predicted octanol–water partition coefficient (Wildman–Crippen LogP) is 1.64. The van der Waals surface area contributed by atoms with Gasteiger partial charge in [-0.3, -0.25) is 0 Å². The van der Waals surface area contributed by atoms with Gasteiger partial charge < -0.3 is 5.73 Å². The third kappa shape index (κ3) is 2.94. The van der Waals surface area contributed by atoms with Crippen LogP contribution >= 0.6 is 0 Å². The Morgan fingerprint density at radius 3 is 2.27 bits per heavy atom. The highest BCUT2D eigenvalue weighted by Crippen LogP contribution is 2.14. The Balaban J connectivity index is 3.24. The second-order valence-electron chi connectivity index (χ2n) is 3.50. The first-order chi connectivity index (χ1) is 6.98. The standard InChI is InChI=1S/C10H17N3OS/c1-8(2)13-15(14,12-3)10-6-4-9(11)5-7-10/h4-8H,11H2,1-3H3,(H,12,13,14). The Kier molecular flexibility index (Phi) is 3.71. The molecular formula is C10H17N3OS. The molecule has 0 heterocycles. The van der Waals surface area contributed by atoms with E-state index in [1.54, 1.807) is 31.3 Å². The summed E-state index contributed by atoms with van der Waals surface area (Å²) in [4.78, 5) is 0.660. The zero-order valence-electron chi connectivity index (χ0n) is 9.23. The Bertz CT molecular complexity index is 430. The Morgan fingerprint density at radius 2 is 1.87 bits per heavy atom. The van der Waals surface area contributed by atoms with Crippen molar-refractivity contribution >= 4 is 15.6 Å². The van der Waals surface area contributed by atoms with E-state index in [0.29, 0.717) is 10.6 Å². The van der Waals surface area contributed by atoms with Crippen molar-refractivity contribution in [3.63, 3.8) is 0 Å². The first kappa shape index (κ1) is 12.0. The maximum atomic E-state index is 12.4. The van der Waals surface area contributed by atoms with E-state index in [-0.39, 0.29) is 6.04 Å². The van der Waals surface area contributed by atoms with Crippen LogP contribution in [0.5, 0.6) is 0 Å². The number of hydrogen-bond donors (Lipinski definition) is 2. The lowest BCUT2D eigenvalue weighted by Gasteiger charge is -2.10. The zero-order chi connectivity index (χ0) is 11.5. The highest BCUT2D eigenvalue weighted by molar-refractivity contribution is 7.91. The quantitative estimate of drug-likeness (QED) is 0.771. The van der Waals surface area contributed by atoms with Crippen LogP contribution in [0.1, 0.15) is 13.8 Å². The molecule has 0 fully saturated rings. The molecule has 15 heavy (non-hydrogen) atoms. The molecule has 0 saturated heterocycles. The van der Waals surface area contributed by atoms with Crippen LogP contribution in [0.25, 0.3) is 0 Å². The molecule has 5 heteroatoms. The fourth-order valence-electron chi connectivity index (χ4n) is 1.18. The molecule has 0 aliphatic heterocycles. The molecule has 1 rings (SSSR count). The molecule has 0 amide bonds. The average Bonchev–Trinajstić information content (AvgIpc) is 2.17. The van der Waals surface area contributed by atoms with E-state index in [1.165, 1.54) is 0 Å². The van der Waals surface area contributed by atoms with Crippen LogP contribution in [0.3, 0.4) is 0 Å². The fraction of sp³-hybridized carbons (Fsp3) is 0.400. The largest absolute Gasteiger partial charge is 0.399 e. The topological polar surface area (TPSA) is 67.5 Å². The molecule has 0 saturated carbocycles. The van der Waals surface area contributed by atoms with E-state index in [1.807, 2.05) is 13.8 Å². The minimum absolute atomic E-state index is 0.0162. The SMILES string of the molecule is CNS(=O)(=NC(C)C)c1ccc(N)cc1. The first-order valence-electron chi connectivity index (χ1n) is 4.78. The summed E-state index contributed by atoms with van der Waals surface area (Å²) in [6.07, 6.45) is 0. The van der Waals surface area contributed by atoms with Gasteiger partial charge in [0.25, 0.3) is 0 Å². The van der Waals surface area contributed by atoms with Crippen LogP contribution in [0.15, 0.2) is 33.5 Å². The van der Waals surface area contributed by atoms with Gasteiger partial charge in [-0.1, -0.05) is 0 Å². The minimum Gasteiger partial charge on any atom is -0.399 e. The number of anilines is 1. The second-order valence-corrected chi connectivity index (χ2v) is 5.64. The molecule has 1 atom stereocenters. The van der Waals surface area contributed by atoms with Crippen LogP contribution in [-0.4, -0.2) is 17.3 Å². The van der Waals surface area contributed by atoms with Crippen LogP contribution in [0.4, 0.5) is 5.69 Å². The van der Waals surface area contributed by atoms with Crippen LogP contribution in [0, 0.1) is 0 Å². The Hall–Kier alpha value is -1.07. The normalized spacial score (nSPS) is 14.9. The van der Waals surface area contributed by atoms with Crippen molar-refractivity contribution in [3.8, 4) is 0 Å². The highest BCUT2D eigenvalue weighted by Gasteiger charge is 2.10. The highest BCUT2D eigenvalue weighted by atomic mass is 32.2. The number of nitrogens with one attached hydrogen (secondary N) is 1. The summed E-state index contributed by atoms with van der Waals surface area (Å²) in [7, 11) is -0.859. The molecule has 0 radical (unpaired) electrons. The van der Waals surface area contributed by atoms with Gasteiger partial charge in [-0.25, -0.2) is 13.3 Å². The molecule has 0 spiro atoms. The van der Waals surface area contributed by atoms with Crippen LogP contribution < -0.4 is 10.5 Å². The average molecular weight is 227 g/mol. The fourth-order valence-corrected chi connectivity index (χ4v) is 2.74. The lowest BCUT2D eigenvalue weighted by molar-refractivity contribution is 0.664. The molecule has 1 aromatic carbocycles. The molecule has 0 aliphatic carbocycles. The van der Waals surface area contributed by atoms with Crippen LogP contribution in [-0.2, 0) is 9.92 Å². The number of benzene rings is 1. The van der Waals surface area contributed by atoms with E-state index in [9.17, 15) is 4.21 Å². The summed E-state index contributed by atoms with van der Waals surface area (Å²) in [5, 5.41) is 0. The van der Waals surface area contributed by atoms with Crippen molar-refractivity contribution in [2.75, 3.05) is 12.8 Å². The molecule has 0 aliphatic rings. The maximum Gasteiger partial charge on any atom is 0.137 e. The molecule has 1 unspecified atom stereocenters. The first-order valence-corrected chi connectivity index (χ1v) is 6.30. The molecule has 0 bridgehead atoms. The van der Waals surface area contributed by atoms with Crippen LogP contribution in [0.2, 0.25) is 0 Å². The predicted molar refractivity (Wildman–Crippen MR) is 63.9 cm³/mol. The number of hydrogen-bond acceptors (Lipinski definition) is 3. The summed E-state index contributed by atoms with van der Waals surface area (Å²) in [5.41, 5.74) is 6.22. The summed E-state index contributed by atoms with van der Waals surface area (Å²) in [5.74, 6) is 0. The number of nitrogens with two attached hydrogens (primary N) is 1. The lowest BCUT2D eigenvalue weighted by Crippen LogP contribution is -2.20. The van der Waals surface area contributed by atoms with Gasteiger partial charge in [0.1, 0.15) is 9.92 Å². The third-order valence-corrected chi connectivity index (χ3v) is 4.02. The van der Waals surface area contributed by atoms with Gasteiger partial charge in [0.05, 0.1) is 10.9 Å². The Labute approximate surface area is 91.2 Å². The van der Waals surface area contributed by atoms with Gasteiger partial charge in [-0.2, -0.15) is 0 Å². The summed E-state index contributed by atoms with van der Waals surface area (Å²) < 4.78 is 19.3. The van der Waals surface area contributed by atoms with Crippen molar-refractivity contribution in [1.82, 2.24) is 4.72 Å². The summed E-state index contributed by atoms with van der Waals surface area (Å²) in [6.45, 7) is 3.79.